The molecule has 0 radical (unpaired) electrons. The lowest BCUT2D eigenvalue weighted by molar-refractivity contribution is -0.147. The van der Waals surface area contributed by atoms with Crippen molar-refractivity contribution in [2.75, 3.05) is 13.7 Å². The van der Waals surface area contributed by atoms with E-state index in [9.17, 15) is 4.79 Å². The van der Waals surface area contributed by atoms with Crippen molar-refractivity contribution >= 4 is 5.97 Å². The molecule has 1 fully saturated rings. The van der Waals surface area contributed by atoms with E-state index < -0.39 is 0 Å². The van der Waals surface area contributed by atoms with Gasteiger partial charge < -0.3 is 10.1 Å². The molecule has 0 aromatic heterocycles. The monoisotopic (exact) mass is 171 g/mol. The maximum Gasteiger partial charge on any atom is 0.323 e. The Balaban J connectivity index is 2.66. The fourth-order valence-corrected chi connectivity index (χ4v) is 1.73. The third-order valence-corrected chi connectivity index (χ3v) is 2.56. The van der Waals surface area contributed by atoms with Gasteiger partial charge >= 0.3 is 5.97 Å². The first-order valence-corrected chi connectivity index (χ1v) is 4.39. The summed E-state index contributed by atoms with van der Waals surface area (Å²) in [4.78, 5) is 11.3. The molecule has 0 aliphatic carbocycles. The van der Waals surface area contributed by atoms with Crippen molar-refractivity contribution in [1.82, 2.24) is 5.32 Å². The van der Waals surface area contributed by atoms with Crippen LogP contribution in [0.2, 0.25) is 0 Å². The Morgan fingerprint density at radius 2 is 2.25 bits per heavy atom. The molecule has 70 valence electrons. The first-order valence-electron chi connectivity index (χ1n) is 4.39. The third-order valence-electron chi connectivity index (χ3n) is 2.56. The van der Waals surface area contributed by atoms with Crippen LogP contribution in [0.15, 0.2) is 0 Å². The number of methoxy groups -OCH3 is 1. The predicted octanol–water partition coefficient (Wildman–Crippen LogP) is 0.938. The number of rotatable bonds is 1. The Morgan fingerprint density at radius 1 is 1.58 bits per heavy atom. The van der Waals surface area contributed by atoms with Crippen LogP contribution in [-0.4, -0.2) is 25.7 Å². The number of nitrogens with one attached hydrogen (secondary N) is 1. The molecule has 1 aliphatic rings. The van der Waals surface area contributed by atoms with E-state index in [-0.39, 0.29) is 17.4 Å². The molecule has 1 saturated heterocycles. The smallest absolute Gasteiger partial charge is 0.323 e. The highest BCUT2D eigenvalue weighted by molar-refractivity contribution is 5.76. The fraction of sp³-hybridized carbons (Fsp3) is 0.889. The van der Waals surface area contributed by atoms with E-state index >= 15 is 0 Å². The highest BCUT2D eigenvalue weighted by atomic mass is 16.5. The number of ether oxygens (including phenoxy) is 1. The van der Waals surface area contributed by atoms with Crippen LogP contribution in [0.1, 0.15) is 26.7 Å². The van der Waals surface area contributed by atoms with Gasteiger partial charge in [-0.1, -0.05) is 13.8 Å². The normalized spacial score (nSPS) is 28.1. The molecule has 1 rings (SSSR count). The molecule has 0 aromatic carbocycles. The molecule has 1 heterocycles. The summed E-state index contributed by atoms with van der Waals surface area (Å²) in [6.07, 6.45) is 2.22. The first-order chi connectivity index (χ1) is 5.58. The molecule has 1 aliphatic heterocycles. The fourth-order valence-electron chi connectivity index (χ4n) is 1.73. The van der Waals surface area contributed by atoms with Crippen molar-refractivity contribution < 1.29 is 9.53 Å². The van der Waals surface area contributed by atoms with E-state index in [1.54, 1.807) is 0 Å². The zero-order valence-electron chi connectivity index (χ0n) is 8.02. The maximum absolute atomic E-state index is 11.3. The summed E-state index contributed by atoms with van der Waals surface area (Å²) >= 11 is 0. The molecular weight excluding hydrogens is 154 g/mol. The zero-order chi connectivity index (χ0) is 9.19. The van der Waals surface area contributed by atoms with Crippen molar-refractivity contribution in [2.45, 2.75) is 32.7 Å². The predicted molar refractivity (Wildman–Crippen MR) is 46.8 cm³/mol. The molecule has 1 N–H and O–H groups in total. The van der Waals surface area contributed by atoms with E-state index in [0.717, 1.165) is 19.4 Å². The Bertz CT molecular complexity index is 177. The van der Waals surface area contributed by atoms with Gasteiger partial charge in [-0.05, 0) is 24.8 Å². The molecule has 0 aromatic rings. The van der Waals surface area contributed by atoms with Crippen LogP contribution < -0.4 is 5.32 Å². The number of hydrogen-bond donors (Lipinski definition) is 1. The van der Waals surface area contributed by atoms with E-state index in [0.29, 0.717) is 0 Å². The van der Waals surface area contributed by atoms with Crippen molar-refractivity contribution in [2.24, 2.45) is 5.41 Å². The van der Waals surface area contributed by atoms with Gasteiger partial charge in [0, 0.05) is 0 Å². The van der Waals surface area contributed by atoms with Crippen LogP contribution in [-0.2, 0) is 9.53 Å². The molecule has 0 spiro atoms. The summed E-state index contributed by atoms with van der Waals surface area (Å²) in [7, 11) is 1.44. The van der Waals surface area contributed by atoms with Crippen LogP contribution in [0.4, 0.5) is 0 Å². The number of piperidine rings is 1. The highest BCUT2D eigenvalue weighted by Crippen LogP contribution is 2.30. The van der Waals surface area contributed by atoms with Gasteiger partial charge in [0.1, 0.15) is 6.04 Å². The Kier molecular flexibility index (Phi) is 2.73. The first kappa shape index (κ1) is 9.52. The third kappa shape index (κ3) is 1.78. The summed E-state index contributed by atoms with van der Waals surface area (Å²) in [5.41, 5.74) is 0.0331. The van der Waals surface area contributed by atoms with Gasteiger partial charge in [0.05, 0.1) is 7.11 Å². The van der Waals surface area contributed by atoms with Crippen molar-refractivity contribution in [3.8, 4) is 0 Å². The lowest BCUT2D eigenvalue weighted by atomic mass is 9.77. The second kappa shape index (κ2) is 3.44. The summed E-state index contributed by atoms with van der Waals surface area (Å²) in [6, 6.07) is -0.128. The van der Waals surface area contributed by atoms with E-state index in [1.165, 1.54) is 7.11 Å². The van der Waals surface area contributed by atoms with Gasteiger partial charge in [0.25, 0.3) is 0 Å². The van der Waals surface area contributed by atoms with Gasteiger partial charge in [-0.3, -0.25) is 4.79 Å². The Hall–Kier alpha value is -0.570. The molecule has 0 bridgehead atoms. The molecular formula is C9H17NO2. The van der Waals surface area contributed by atoms with Crippen LogP contribution >= 0.6 is 0 Å². The summed E-state index contributed by atoms with van der Waals surface area (Å²) in [5, 5.41) is 3.19. The second-order valence-corrected chi connectivity index (χ2v) is 4.00. The maximum atomic E-state index is 11.3. The standard InChI is InChI=1S/C9H17NO2/c1-9(2)5-4-6-10-7(9)8(11)12-3/h7,10H,4-6H2,1-3H3. The summed E-state index contributed by atoms with van der Waals surface area (Å²) in [5.74, 6) is -0.139. The molecule has 12 heavy (non-hydrogen) atoms. The number of carbonyl (C=O) groups excluding carboxylic acids is 1. The second-order valence-electron chi connectivity index (χ2n) is 4.00. The minimum atomic E-state index is -0.139. The Morgan fingerprint density at radius 3 is 2.75 bits per heavy atom. The quantitative estimate of drug-likeness (QED) is 0.597. The van der Waals surface area contributed by atoms with Crippen LogP contribution in [0.5, 0.6) is 0 Å². The molecule has 1 unspecified atom stereocenters. The average Bonchev–Trinajstić information content (AvgIpc) is 2.02. The largest absolute Gasteiger partial charge is 0.468 e. The Labute approximate surface area is 73.5 Å². The highest BCUT2D eigenvalue weighted by Gasteiger charge is 2.37. The van der Waals surface area contributed by atoms with Crippen molar-refractivity contribution in [3.05, 3.63) is 0 Å². The van der Waals surface area contributed by atoms with Crippen molar-refractivity contribution in [1.29, 1.82) is 0 Å². The van der Waals surface area contributed by atoms with E-state index in [4.69, 9.17) is 4.74 Å². The lowest BCUT2D eigenvalue weighted by Crippen LogP contribution is -2.52. The van der Waals surface area contributed by atoms with Crippen LogP contribution in [0.3, 0.4) is 0 Å². The molecule has 3 heteroatoms. The molecule has 0 amide bonds. The van der Waals surface area contributed by atoms with Crippen LogP contribution in [0, 0.1) is 5.41 Å². The average molecular weight is 171 g/mol. The molecule has 0 saturated carbocycles. The minimum absolute atomic E-state index is 0.0331. The van der Waals surface area contributed by atoms with Gasteiger partial charge in [-0.15, -0.1) is 0 Å². The molecule has 1 atom stereocenters. The van der Waals surface area contributed by atoms with E-state index in [1.807, 2.05) is 0 Å². The number of hydrogen-bond acceptors (Lipinski definition) is 3. The van der Waals surface area contributed by atoms with Gasteiger partial charge in [-0.25, -0.2) is 0 Å². The van der Waals surface area contributed by atoms with Crippen molar-refractivity contribution in [3.63, 3.8) is 0 Å². The number of carbonyl (C=O) groups is 1. The van der Waals surface area contributed by atoms with Gasteiger partial charge in [-0.2, -0.15) is 0 Å². The SMILES string of the molecule is COC(=O)C1NCCCC1(C)C. The minimum Gasteiger partial charge on any atom is -0.468 e. The zero-order valence-corrected chi connectivity index (χ0v) is 8.02. The lowest BCUT2D eigenvalue weighted by Gasteiger charge is -2.37. The van der Waals surface area contributed by atoms with Gasteiger partial charge in [0.2, 0.25) is 0 Å². The molecule has 3 nitrogen and oxygen atoms in total. The number of esters is 1. The summed E-state index contributed by atoms with van der Waals surface area (Å²) in [6.45, 7) is 5.12. The summed E-state index contributed by atoms with van der Waals surface area (Å²) < 4.78 is 4.72. The van der Waals surface area contributed by atoms with Crippen LogP contribution in [0.25, 0.3) is 0 Å². The van der Waals surface area contributed by atoms with E-state index in [2.05, 4.69) is 19.2 Å². The topological polar surface area (TPSA) is 38.3 Å². The van der Waals surface area contributed by atoms with Gasteiger partial charge in [0.15, 0.2) is 0 Å².